The van der Waals surface area contributed by atoms with E-state index in [1.165, 1.54) is 5.56 Å². The average Bonchev–Trinajstić information content (AvgIpc) is 2.79. The molecule has 0 aliphatic heterocycles. The molecule has 174 valence electrons. The van der Waals surface area contributed by atoms with Gasteiger partial charge in [0.25, 0.3) is 15.9 Å². The maximum Gasteiger partial charge on any atom is 0.261 e. The summed E-state index contributed by atoms with van der Waals surface area (Å²) in [6.45, 7) is 6.51. The summed E-state index contributed by atoms with van der Waals surface area (Å²) in [4.78, 5) is 12.7. The fourth-order valence-electron chi connectivity index (χ4n) is 3.32. The number of sulfonamides is 1. The molecule has 0 atom stereocenters. The summed E-state index contributed by atoms with van der Waals surface area (Å²) in [5, 5.41) is 2.82. The van der Waals surface area contributed by atoms with Crippen LogP contribution < -0.4 is 14.8 Å². The third kappa shape index (κ3) is 6.83. The molecule has 0 aliphatic rings. The molecule has 0 saturated carbocycles. The van der Waals surface area contributed by atoms with Crippen molar-refractivity contribution in [3.8, 4) is 5.75 Å². The van der Waals surface area contributed by atoms with Gasteiger partial charge in [0.05, 0.1) is 17.1 Å². The molecule has 7 heteroatoms. The van der Waals surface area contributed by atoms with Crippen LogP contribution in [-0.4, -0.2) is 27.5 Å². The molecule has 2 N–H and O–H groups in total. The molecule has 0 radical (unpaired) electrons. The van der Waals surface area contributed by atoms with E-state index in [1.54, 1.807) is 49.4 Å². The van der Waals surface area contributed by atoms with Crippen molar-refractivity contribution in [3.05, 3.63) is 89.0 Å². The molecular formula is C26H30N2O4S. The summed E-state index contributed by atoms with van der Waals surface area (Å²) in [6.07, 6.45) is 2.15. The average molecular weight is 467 g/mol. The Bertz CT molecular complexity index is 1190. The Morgan fingerprint density at radius 2 is 1.64 bits per heavy atom. The molecule has 0 aromatic heterocycles. The van der Waals surface area contributed by atoms with Crippen LogP contribution in [0.1, 0.15) is 40.4 Å². The highest BCUT2D eigenvalue weighted by atomic mass is 32.2. The number of carbonyl (C=O) groups excluding carboxylic acids is 1. The Kier molecular flexibility index (Phi) is 8.11. The van der Waals surface area contributed by atoms with Crippen molar-refractivity contribution >= 4 is 21.6 Å². The van der Waals surface area contributed by atoms with Crippen LogP contribution in [0.3, 0.4) is 0 Å². The lowest BCUT2D eigenvalue weighted by Gasteiger charge is -2.13. The molecule has 0 bridgehead atoms. The van der Waals surface area contributed by atoms with E-state index in [0.29, 0.717) is 30.0 Å². The Labute approximate surface area is 196 Å². The lowest BCUT2D eigenvalue weighted by atomic mass is 10.1. The van der Waals surface area contributed by atoms with Gasteiger partial charge in [-0.3, -0.25) is 9.52 Å². The predicted octanol–water partition coefficient (Wildman–Crippen LogP) is 4.87. The summed E-state index contributed by atoms with van der Waals surface area (Å²) >= 11 is 0. The van der Waals surface area contributed by atoms with Crippen molar-refractivity contribution in [3.63, 3.8) is 0 Å². The number of hydrogen-bond donors (Lipinski definition) is 2. The minimum Gasteiger partial charge on any atom is -0.492 e. The molecule has 0 aliphatic carbocycles. The first-order valence-electron chi connectivity index (χ1n) is 11.0. The highest BCUT2D eigenvalue weighted by Gasteiger charge is 2.16. The number of aryl methyl sites for hydroxylation is 3. The maximum atomic E-state index is 12.6. The van der Waals surface area contributed by atoms with Gasteiger partial charge in [0, 0.05) is 5.56 Å². The molecule has 33 heavy (non-hydrogen) atoms. The van der Waals surface area contributed by atoms with Crippen LogP contribution in [-0.2, 0) is 16.4 Å². The van der Waals surface area contributed by atoms with Crippen molar-refractivity contribution in [2.24, 2.45) is 0 Å². The lowest BCUT2D eigenvalue weighted by Crippen LogP contribution is -2.28. The van der Waals surface area contributed by atoms with Gasteiger partial charge in [0.15, 0.2) is 0 Å². The molecule has 1 amide bonds. The van der Waals surface area contributed by atoms with Crippen LogP contribution in [0, 0.1) is 13.8 Å². The van der Waals surface area contributed by atoms with Gasteiger partial charge in [-0.25, -0.2) is 8.42 Å². The van der Waals surface area contributed by atoms with E-state index >= 15 is 0 Å². The standard InChI is InChI=1S/C26H30N2O4S/c1-4-5-21-8-11-23(12-9-21)32-17-16-27-26(29)22-10-15-25(20(3)18-22)28-33(30,31)24-13-6-19(2)7-14-24/h6-15,18,28H,4-5,16-17H2,1-3H3,(H,27,29). The Morgan fingerprint density at radius 3 is 2.27 bits per heavy atom. The highest BCUT2D eigenvalue weighted by Crippen LogP contribution is 2.21. The zero-order valence-corrected chi connectivity index (χ0v) is 20.0. The predicted molar refractivity (Wildman–Crippen MR) is 131 cm³/mol. The minimum absolute atomic E-state index is 0.189. The number of hydrogen-bond acceptors (Lipinski definition) is 4. The van der Waals surface area contributed by atoms with Gasteiger partial charge in [-0.05, 0) is 73.9 Å². The first kappa shape index (κ1) is 24.3. The molecule has 0 heterocycles. The maximum absolute atomic E-state index is 12.6. The van der Waals surface area contributed by atoms with Crippen LogP contribution >= 0.6 is 0 Å². The molecular weight excluding hydrogens is 436 g/mol. The van der Waals surface area contributed by atoms with E-state index in [2.05, 4.69) is 29.1 Å². The molecule has 3 aromatic carbocycles. The van der Waals surface area contributed by atoms with Crippen molar-refractivity contribution in [2.45, 2.75) is 38.5 Å². The fraction of sp³-hybridized carbons (Fsp3) is 0.269. The Hall–Kier alpha value is -3.32. The van der Waals surface area contributed by atoms with Crippen molar-refractivity contribution in [2.75, 3.05) is 17.9 Å². The minimum atomic E-state index is -3.70. The number of ether oxygens (including phenoxy) is 1. The highest BCUT2D eigenvalue weighted by molar-refractivity contribution is 7.92. The van der Waals surface area contributed by atoms with Gasteiger partial charge in [-0.15, -0.1) is 0 Å². The van der Waals surface area contributed by atoms with Gasteiger partial charge < -0.3 is 10.1 Å². The van der Waals surface area contributed by atoms with Crippen LogP contribution in [0.4, 0.5) is 5.69 Å². The summed E-state index contributed by atoms with van der Waals surface area (Å²) in [7, 11) is -3.70. The smallest absolute Gasteiger partial charge is 0.261 e. The monoisotopic (exact) mass is 466 g/mol. The van der Waals surface area contributed by atoms with Crippen molar-refractivity contribution in [1.29, 1.82) is 0 Å². The van der Waals surface area contributed by atoms with Crippen molar-refractivity contribution in [1.82, 2.24) is 5.32 Å². The van der Waals surface area contributed by atoms with E-state index in [4.69, 9.17) is 4.74 Å². The molecule has 0 fully saturated rings. The third-order valence-electron chi connectivity index (χ3n) is 5.18. The summed E-state index contributed by atoms with van der Waals surface area (Å²) in [5.74, 6) is 0.526. The molecule has 0 saturated heterocycles. The van der Waals surface area contributed by atoms with E-state index in [9.17, 15) is 13.2 Å². The van der Waals surface area contributed by atoms with Gasteiger partial charge in [0.2, 0.25) is 0 Å². The van der Waals surface area contributed by atoms with E-state index in [0.717, 1.165) is 24.2 Å². The number of carbonyl (C=O) groups is 1. The van der Waals surface area contributed by atoms with Crippen molar-refractivity contribution < 1.29 is 17.9 Å². The molecule has 3 aromatic rings. The van der Waals surface area contributed by atoms with Gasteiger partial charge in [-0.2, -0.15) is 0 Å². The zero-order chi connectivity index (χ0) is 23.8. The fourth-order valence-corrected chi connectivity index (χ4v) is 4.45. The largest absolute Gasteiger partial charge is 0.492 e. The first-order valence-corrected chi connectivity index (χ1v) is 12.5. The van der Waals surface area contributed by atoms with E-state index in [1.807, 2.05) is 19.1 Å². The second-order valence-electron chi connectivity index (χ2n) is 7.95. The lowest BCUT2D eigenvalue weighted by molar-refractivity contribution is 0.0947. The molecule has 0 unspecified atom stereocenters. The number of rotatable bonds is 10. The summed E-state index contributed by atoms with van der Waals surface area (Å²) in [6, 6.07) is 19.5. The quantitative estimate of drug-likeness (QED) is 0.418. The second-order valence-corrected chi connectivity index (χ2v) is 9.63. The summed E-state index contributed by atoms with van der Waals surface area (Å²) in [5.41, 5.74) is 3.80. The van der Waals surface area contributed by atoms with E-state index < -0.39 is 10.0 Å². The van der Waals surface area contributed by atoms with Gasteiger partial charge >= 0.3 is 0 Å². The zero-order valence-electron chi connectivity index (χ0n) is 19.2. The number of nitrogens with one attached hydrogen (secondary N) is 2. The van der Waals surface area contributed by atoms with Crippen LogP contribution in [0.25, 0.3) is 0 Å². The van der Waals surface area contributed by atoms with Gasteiger partial charge in [-0.1, -0.05) is 43.2 Å². The van der Waals surface area contributed by atoms with Crippen LogP contribution in [0.15, 0.2) is 71.6 Å². The molecule has 6 nitrogen and oxygen atoms in total. The third-order valence-corrected chi connectivity index (χ3v) is 6.56. The number of anilines is 1. The Balaban J connectivity index is 1.53. The second kappa shape index (κ2) is 11.0. The Morgan fingerprint density at radius 1 is 0.939 bits per heavy atom. The number of amides is 1. The van der Waals surface area contributed by atoms with Gasteiger partial charge in [0.1, 0.15) is 12.4 Å². The number of benzene rings is 3. The van der Waals surface area contributed by atoms with Crippen LogP contribution in [0.5, 0.6) is 5.75 Å². The SMILES string of the molecule is CCCc1ccc(OCCNC(=O)c2ccc(NS(=O)(=O)c3ccc(C)cc3)c(C)c2)cc1. The summed E-state index contributed by atoms with van der Waals surface area (Å²) < 4.78 is 33.5. The normalized spacial score (nSPS) is 11.1. The molecule has 0 spiro atoms. The topological polar surface area (TPSA) is 84.5 Å². The molecule has 3 rings (SSSR count). The van der Waals surface area contributed by atoms with Crippen LogP contribution in [0.2, 0.25) is 0 Å². The van der Waals surface area contributed by atoms with E-state index in [-0.39, 0.29) is 10.8 Å². The first-order chi connectivity index (χ1) is 15.8.